The van der Waals surface area contributed by atoms with Gasteiger partial charge < -0.3 is 10.2 Å². The summed E-state index contributed by atoms with van der Waals surface area (Å²) in [6.07, 6.45) is 6.21. The Labute approximate surface area is 180 Å². The number of hydrogen-bond acceptors (Lipinski definition) is 4. The molecule has 2 bridgehead atoms. The minimum absolute atomic E-state index is 0.0853. The maximum absolute atomic E-state index is 13.7. The second-order valence-corrected chi connectivity index (χ2v) is 8.92. The molecule has 0 unspecified atom stereocenters. The van der Waals surface area contributed by atoms with Gasteiger partial charge in [0.15, 0.2) is 0 Å². The third-order valence-corrected chi connectivity index (χ3v) is 6.53. The quantitative estimate of drug-likeness (QED) is 0.830. The number of benzene rings is 1. The highest BCUT2D eigenvalue weighted by molar-refractivity contribution is 5.92. The lowest BCUT2D eigenvalue weighted by Crippen LogP contribution is -2.48. The smallest absolute Gasteiger partial charge is 0.272 e. The van der Waals surface area contributed by atoms with Gasteiger partial charge in [0, 0.05) is 56.2 Å². The maximum Gasteiger partial charge on any atom is 0.272 e. The number of amides is 1. The minimum Gasteiger partial charge on any atom is -0.385 e. The van der Waals surface area contributed by atoms with E-state index in [0.29, 0.717) is 30.4 Å². The number of nitrogens with zero attached hydrogens (tertiary/aromatic N) is 4. The lowest BCUT2D eigenvalue weighted by atomic mass is 10.1. The van der Waals surface area contributed by atoms with Crippen LogP contribution in [0.15, 0.2) is 36.5 Å². The molecule has 1 aromatic carbocycles. The molecule has 2 atom stereocenters. The van der Waals surface area contributed by atoms with Crippen LogP contribution in [0.5, 0.6) is 0 Å². The molecule has 2 aliphatic rings. The van der Waals surface area contributed by atoms with Crippen molar-refractivity contribution in [2.24, 2.45) is 0 Å². The Morgan fingerprint density at radius 1 is 1.17 bits per heavy atom. The van der Waals surface area contributed by atoms with Gasteiger partial charge in [0.2, 0.25) is 0 Å². The van der Waals surface area contributed by atoms with Crippen LogP contribution >= 0.6 is 0 Å². The molecule has 4 rings (SSSR count). The number of carbonyl (C=O) groups excluding carboxylic acids is 1. The van der Waals surface area contributed by atoms with E-state index in [9.17, 15) is 4.79 Å². The molecule has 3 heterocycles. The Kier molecular flexibility index (Phi) is 6.42. The van der Waals surface area contributed by atoms with Crippen molar-refractivity contribution in [1.29, 1.82) is 0 Å². The number of rotatable bonds is 4. The first-order chi connectivity index (χ1) is 14.6. The zero-order valence-corrected chi connectivity index (χ0v) is 18.6. The van der Waals surface area contributed by atoms with Gasteiger partial charge >= 0.3 is 0 Å². The summed E-state index contributed by atoms with van der Waals surface area (Å²) in [6, 6.07) is 11.7. The molecule has 0 saturated carbocycles. The number of nitrogens with one attached hydrogen (secondary N) is 1. The predicted octanol–water partition coefficient (Wildman–Crippen LogP) is 3.99. The van der Waals surface area contributed by atoms with E-state index < -0.39 is 0 Å². The molecule has 1 aromatic heterocycles. The first-order valence-electron chi connectivity index (χ1n) is 11.5. The average Bonchev–Trinajstić information content (AvgIpc) is 3.34. The summed E-state index contributed by atoms with van der Waals surface area (Å²) >= 11 is 0. The van der Waals surface area contributed by atoms with Crippen molar-refractivity contribution in [2.75, 3.05) is 18.4 Å². The molecular weight excluding hydrogens is 374 g/mol. The van der Waals surface area contributed by atoms with E-state index >= 15 is 0 Å². The number of fused-ring (bicyclic) bond motifs is 3. The Balaban J connectivity index is 1.69. The van der Waals surface area contributed by atoms with Crippen molar-refractivity contribution in [1.82, 2.24) is 19.6 Å². The van der Waals surface area contributed by atoms with Gasteiger partial charge in [0.25, 0.3) is 5.91 Å². The molecule has 6 heteroatoms. The number of aryl methyl sites for hydroxylation is 1. The van der Waals surface area contributed by atoms with Crippen LogP contribution in [0.25, 0.3) is 0 Å². The second-order valence-electron chi connectivity index (χ2n) is 8.92. The van der Waals surface area contributed by atoms with E-state index in [1.54, 1.807) is 6.20 Å². The highest BCUT2D eigenvalue weighted by Crippen LogP contribution is 2.31. The van der Waals surface area contributed by atoms with Gasteiger partial charge in [0.1, 0.15) is 5.69 Å². The summed E-state index contributed by atoms with van der Waals surface area (Å²) in [5.41, 5.74) is 3.02. The Bertz CT molecular complexity index is 861. The van der Waals surface area contributed by atoms with E-state index in [1.165, 1.54) is 12.0 Å². The molecular formula is C24H35N5O. The van der Waals surface area contributed by atoms with Crippen molar-refractivity contribution in [3.8, 4) is 0 Å². The van der Waals surface area contributed by atoms with Gasteiger partial charge in [-0.3, -0.25) is 14.4 Å². The Morgan fingerprint density at radius 3 is 2.77 bits per heavy atom. The van der Waals surface area contributed by atoms with Crippen LogP contribution in [0.3, 0.4) is 0 Å². The van der Waals surface area contributed by atoms with E-state index in [4.69, 9.17) is 0 Å². The Morgan fingerprint density at radius 2 is 1.97 bits per heavy atom. The van der Waals surface area contributed by atoms with Crippen LogP contribution in [-0.2, 0) is 13.1 Å². The van der Waals surface area contributed by atoms with Gasteiger partial charge in [-0.15, -0.1) is 0 Å². The zero-order valence-electron chi connectivity index (χ0n) is 18.6. The first kappa shape index (κ1) is 20.9. The monoisotopic (exact) mass is 409 g/mol. The van der Waals surface area contributed by atoms with Crippen LogP contribution in [0.4, 0.5) is 5.69 Å². The molecule has 162 valence electrons. The molecule has 2 aliphatic heterocycles. The van der Waals surface area contributed by atoms with Crippen molar-refractivity contribution in [2.45, 2.75) is 77.7 Å². The van der Waals surface area contributed by atoms with E-state index in [2.05, 4.69) is 65.3 Å². The van der Waals surface area contributed by atoms with Crippen LogP contribution in [0.1, 0.15) is 62.5 Å². The summed E-state index contributed by atoms with van der Waals surface area (Å²) in [5.74, 6) is 0.0853. The standard InChI is InChI=1S/C24H35N5O/c1-4-15-28-23(12-14-26-28)24(30)27-16-19-7-5-6-8-22(19)25-13-11-20-9-10-21(17-27)29(20)18(2)3/h5-8,12,14,18,20-21,25H,4,9-11,13,15-17H2,1-3H3/t20-,21+/m1/s1. The van der Waals surface area contributed by atoms with E-state index in [1.807, 2.05) is 10.7 Å². The number of para-hydroxylation sites is 1. The molecule has 1 fully saturated rings. The normalized spacial score (nSPS) is 22.5. The van der Waals surface area contributed by atoms with Gasteiger partial charge in [-0.2, -0.15) is 5.10 Å². The number of anilines is 1. The number of hydrogen-bond donors (Lipinski definition) is 1. The molecule has 0 aliphatic carbocycles. The summed E-state index contributed by atoms with van der Waals surface area (Å²) in [6.45, 7) is 9.81. The highest BCUT2D eigenvalue weighted by atomic mass is 16.2. The fraction of sp³-hybridized carbons (Fsp3) is 0.583. The van der Waals surface area contributed by atoms with Crippen molar-refractivity contribution >= 4 is 11.6 Å². The average molecular weight is 410 g/mol. The maximum atomic E-state index is 13.7. The predicted molar refractivity (Wildman–Crippen MR) is 121 cm³/mol. The second kappa shape index (κ2) is 9.21. The van der Waals surface area contributed by atoms with E-state index in [0.717, 1.165) is 44.6 Å². The molecule has 30 heavy (non-hydrogen) atoms. The largest absolute Gasteiger partial charge is 0.385 e. The third kappa shape index (κ3) is 4.24. The van der Waals surface area contributed by atoms with Crippen molar-refractivity contribution in [3.05, 3.63) is 47.8 Å². The zero-order chi connectivity index (χ0) is 21.1. The summed E-state index contributed by atoms with van der Waals surface area (Å²) in [7, 11) is 0. The summed E-state index contributed by atoms with van der Waals surface area (Å²) in [4.78, 5) is 18.4. The molecule has 0 spiro atoms. The molecule has 1 N–H and O–H groups in total. The molecule has 6 nitrogen and oxygen atoms in total. The summed E-state index contributed by atoms with van der Waals surface area (Å²) in [5, 5.41) is 8.04. The molecule has 2 aromatic rings. The van der Waals surface area contributed by atoms with Crippen LogP contribution in [-0.4, -0.2) is 56.7 Å². The van der Waals surface area contributed by atoms with E-state index in [-0.39, 0.29) is 5.91 Å². The topological polar surface area (TPSA) is 53.4 Å². The van der Waals surface area contributed by atoms with Crippen molar-refractivity contribution in [3.63, 3.8) is 0 Å². The minimum atomic E-state index is 0.0853. The summed E-state index contributed by atoms with van der Waals surface area (Å²) < 4.78 is 1.86. The number of aromatic nitrogens is 2. The molecule has 1 saturated heterocycles. The van der Waals surface area contributed by atoms with Crippen LogP contribution < -0.4 is 5.32 Å². The SMILES string of the molecule is CCCn1nccc1C(=O)N1Cc2ccccc2NCC[C@H]2CC[C@@H](C1)N2C(C)C. The fourth-order valence-corrected chi connectivity index (χ4v) is 5.25. The Hall–Kier alpha value is -2.34. The van der Waals surface area contributed by atoms with Crippen LogP contribution in [0.2, 0.25) is 0 Å². The fourth-order valence-electron chi connectivity index (χ4n) is 5.25. The van der Waals surface area contributed by atoms with Gasteiger partial charge in [-0.1, -0.05) is 25.1 Å². The molecule has 1 amide bonds. The lowest BCUT2D eigenvalue weighted by Gasteiger charge is -2.36. The molecule has 0 radical (unpaired) electrons. The number of carbonyl (C=O) groups is 1. The van der Waals surface area contributed by atoms with Crippen molar-refractivity contribution < 1.29 is 4.79 Å². The van der Waals surface area contributed by atoms with Gasteiger partial charge in [0.05, 0.1) is 0 Å². The first-order valence-corrected chi connectivity index (χ1v) is 11.5. The van der Waals surface area contributed by atoms with Gasteiger partial charge in [-0.25, -0.2) is 0 Å². The highest BCUT2D eigenvalue weighted by Gasteiger charge is 2.37. The van der Waals surface area contributed by atoms with Crippen LogP contribution in [0, 0.1) is 0 Å². The third-order valence-electron chi connectivity index (χ3n) is 6.53. The lowest BCUT2D eigenvalue weighted by molar-refractivity contribution is 0.0622. The van der Waals surface area contributed by atoms with Gasteiger partial charge in [-0.05, 0) is 57.2 Å².